The molecule has 1 aliphatic rings. The number of likely N-dealkylation sites (tertiary alicyclic amines) is 1. The molecule has 18 heavy (non-hydrogen) atoms. The Morgan fingerprint density at radius 3 is 2.33 bits per heavy atom. The smallest absolute Gasteiger partial charge is 0.171 e. The zero-order chi connectivity index (χ0) is 12.8. The van der Waals surface area contributed by atoms with E-state index in [-0.39, 0.29) is 5.92 Å². The molecule has 0 aliphatic carbocycles. The summed E-state index contributed by atoms with van der Waals surface area (Å²) in [6.45, 7) is 5.56. The second-order valence-corrected chi connectivity index (χ2v) is 5.50. The number of hydrogen-bond acceptors (Lipinski definition) is 1. The summed E-state index contributed by atoms with van der Waals surface area (Å²) < 4.78 is 0. The molecule has 1 aliphatic heterocycles. The van der Waals surface area contributed by atoms with Crippen molar-refractivity contribution in [1.82, 2.24) is 0 Å². The van der Waals surface area contributed by atoms with Crippen LogP contribution in [0, 0.1) is 5.92 Å². The summed E-state index contributed by atoms with van der Waals surface area (Å²) in [6.07, 6.45) is 5.37. The van der Waals surface area contributed by atoms with Crippen LogP contribution < -0.4 is 4.90 Å². The first-order valence-corrected chi connectivity index (χ1v) is 7.20. The third-order valence-corrected chi connectivity index (χ3v) is 3.91. The molecule has 1 atom stereocenters. The Hall–Kier alpha value is -1.15. The SMILES string of the molecule is C[C@H](C[NH+]1CCCCCC1)C(=O)c1ccccc1. The number of Topliss-reactive ketones (excluding diaryl/α,β-unsaturated/α-hetero) is 1. The van der Waals surface area contributed by atoms with Crippen LogP contribution in [0.3, 0.4) is 0 Å². The number of benzene rings is 1. The van der Waals surface area contributed by atoms with Crippen molar-refractivity contribution >= 4 is 5.78 Å². The maximum Gasteiger partial charge on any atom is 0.171 e. The fourth-order valence-electron chi connectivity index (χ4n) is 2.85. The van der Waals surface area contributed by atoms with Gasteiger partial charge >= 0.3 is 0 Å². The molecule has 1 aromatic rings. The molecule has 1 N–H and O–H groups in total. The summed E-state index contributed by atoms with van der Waals surface area (Å²) in [4.78, 5) is 13.9. The Bertz CT molecular complexity index is 366. The second-order valence-electron chi connectivity index (χ2n) is 5.50. The average Bonchev–Trinajstić information content (AvgIpc) is 2.67. The molecule has 0 spiro atoms. The quantitative estimate of drug-likeness (QED) is 0.806. The number of carbonyl (C=O) groups is 1. The molecule has 0 amide bonds. The maximum absolute atomic E-state index is 12.3. The number of ketones is 1. The minimum atomic E-state index is 0.139. The number of nitrogens with one attached hydrogen (secondary N) is 1. The van der Waals surface area contributed by atoms with Crippen LogP contribution in [0.2, 0.25) is 0 Å². The van der Waals surface area contributed by atoms with Crippen LogP contribution in [-0.4, -0.2) is 25.4 Å². The van der Waals surface area contributed by atoms with Gasteiger partial charge in [0.1, 0.15) is 0 Å². The normalized spacial score (nSPS) is 19.2. The minimum absolute atomic E-state index is 0.139. The van der Waals surface area contributed by atoms with Crippen molar-refractivity contribution in [2.24, 2.45) is 5.92 Å². The first kappa shape index (κ1) is 13.3. The number of hydrogen-bond donors (Lipinski definition) is 1. The lowest BCUT2D eigenvalue weighted by Crippen LogP contribution is -3.12. The zero-order valence-electron chi connectivity index (χ0n) is 11.3. The van der Waals surface area contributed by atoms with Crippen LogP contribution in [0.1, 0.15) is 43.0 Å². The van der Waals surface area contributed by atoms with E-state index in [9.17, 15) is 4.79 Å². The van der Waals surface area contributed by atoms with E-state index in [2.05, 4.69) is 6.92 Å². The summed E-state index contributed by atoms with van der Waals surface area (Å²) >= 11 is 0. The van der Waals surface area contributed by atoms with E-state index in [1.807, 2.05) is 30.3 Å². The van der Waals surface area contributed by atoms with Crippen molar-refractivity contribution in [2.75, 3.05) is 19.6 Å². The van der Waals surface area contributed by atoms with E-state index in [1.54, 1.807) is 4.90 Å². The van der Waals surface area contributed by atoms with Gasteiger partial charge in [-0.3, -0.25) is 4.79 Å². The molecule has 0 aromatic heterocycles. The van der Waals surface area contributed by atoms with E-state index in [1.165, 1.54) is 38.8 Å². The molecule has 1 heterocycles. The Morgan fingerprint density at radius 2 is 1.72 bits per heavy atom. The minimum Gasteiger partial charge on any atom is -0.334 e. The molecule has 1 saturated heterocycles. The van der Waals surface area contributed by atoms with Gasteiger partial charge in [0.2, 0.25) is 0 Å². The Morgan fingerprint density at radius 1 is 1.11 bits per heavy atom. The molecule has 2 heteroatoms. The highest BCUT2D eigenvalue weighted by molar-refractivity contribution is 5.97. The lowest BCUT2D eigenvalue weighted by Gasteiger charge is -2.20. The predicted octanol–water partition coefficient (Wildman–Crippen LogP) is 1.96. The van der Waals surface area contributed by atoms with E-state index in [4.69, 9.17) is 0 Å². The number of rotatable bonds is 4. The highest BCUT2D eigenvalue weighted by Crippen LogP contribution is 2.07. The number of quaternary nitrogens is 1. The van der Waals surface area contributed by atoms with Gasteiger partial charge in [0, 0.05) is 5.56 Å². The average molecular weight is 246 g/mol. The maximum atomic E-state index is 12.3. The summed E-state index contributed by atoms with van der Waals surface area (Å²) in [6, 6.07) is 9.70. The first-order valence-electron chi connectivity index (χ1n) is 7.20. The van der Waals surface area contributed by atoms with Crippen LogP contribution in [-0.2, 0) is 0 Å². The Kier molecular flexibility index (Phi) is 4.94. The van der Waals surface area contributed by atoms with Gasteiger partial charge in [-0.2, -0.15) is 0 Å². The molecule has 1 fully saturated rings. The van der Waals surface area contributed by atoms with Crippen LogP contribution in [0.25, 0.3) is 0 Å². The summed E-state index contributed by atoms with van der Waals surface area (Å²) in [5.41, 5.74) is 0.860. The van der Waals surface area contributed by atoms with Crippen LogP contribution in [0.15, 0.2) is 30.3 Å². The van der Waals surface area contributed by atoms with Gasteiger partial charge < -0.3 is 4.90 Å². The first-order chi connectivity index (χ1) is 8.77. The van der Waals surface area contributed by atoms with E-state index in [0.29, 0.717) is 5.78 Å². The van der Waals surface area contributed by atoms with Gasteiger partial charge in [0.25, 0.3) is 0 Å². The standard InChI is InChI=1S/C16H23NO/c1-14(13-17-11-7-2-3-8-12-17)16(18)15-9-5-4-6-10-15/h4-6,9-10,14H,2-3,7-8,11-13H2,1H3/p+1/t14-/m1/s1. The highest BCUT2D eigenvalue weighted by Gasteiger charge is 2.21. The Labute approximate surface area is 110 Å². The second kappa shape index (κ2) is 6.69. The topological polar surface area (TPSA) is 21.5 Å². The van der Waals surface area contributed by atoms with Crippen LogP contribution in [0.4, 0.5) is 0 Å². The van der Waals surface area contributed by atoms with E-state index < -0.39 is 0 Å². The summed E-state index contributed by atoms with van der Waals surface area (Å²) in [5, 5.41) is 0. The van der Waals surface area contributed by atoms with Crippen molar-refractivity contribution < 1.29 is 9.69 Å². The molecule has 1 aromatic carbocycles. The van der Waals surface area contributed by atoms with E-state index >= 15 is 0 Å². The monoisotopic (exact) mass is 246 g/mol. The molecular weight excluding hydrogens is 222 g/mol. The van der Waals surface area contributed by atoms with Gasteiger partial charge in [-0.25, -0.2) is 0 Å². The van der Waals surface area contributed by atoms with Crippen LogP contribution in [0.5, 0.6) is 0 Å². The van der Waals surface area contributed by atoms with Gasteiger partial charge in [-0.15, -0.1) is 0 Å². The molecule has 98 valence electrons. The lowest BCUT2D eigenvalue weighted by molar-refractivity contribution is -0.901. The molecule has 0 unspecified atom stereocenters. The van der Waals surface area contributed by atoms with Gasteiger partial charge in [-0.1, -0.05) is 30.3 Å². The lowest BCUT2D eigenvalue weighted by atomic mass is 9.99. The van der Waals surface area contributed by atoms with Crippen molar-refractivity contribution in [3.05, 3.63) is 35.9 Å². The van der Waals surface area contributed by atoms with Crippen molar-refractivity contribution in [3.63, 3.8) is 0 Å². The summed E-state index contributed by atoms with van der Waals surface area (Å²) in [5.74, 6) is 0.438. The third-order valence-electron chi connectivity index (χ3n) is 3.91. The van der Waals surface area contributed by atoms with Crippen molar-refractivity contribution in [3.8, 4) is 0 Å². The van der Waals surface area contributed by atoms with Gasteiger partial charge in [0.05, 0.1) is 25.6 Å². The third kappa shape index (κ3) is 3.67. The van der Waals surface area contributed by atoms with E-state index in [0.717, 1.165) is 12.1 Å². The number of carbonyl (C=O) groups excluding carboxylic acids is 1. The Balaban J connectivity index is 1.90. The predicted molar refractivity (Wildman–Crippen MR) is 74.0 cm³/mol. The largest absolute Gasteiger partial charge is 0.334 e. The van der Waals surface area contributed by atoms with Gasteiger partial charge in [0.15, 0.2) is 5.78 Å². The fraction of sp³-hybridized carbons (Fsp3) is 0.562. The molecular formula is C16H24NO+. The van der Waals surface area contributed by atoms with Crippen molar-refractivity contribution in [1.29, 1.82) is 0 Å². The highest BCUT2D eigenvalue weighted by atomic mass is 16.1. The van der Waals surface area contributed by atoms with Gasteiger partial charge in [-0.05, 0) is 32.6 Å². The molecule has 2 nitrogen and oxygen atoms in total. The molecule has 0 saturated carbocycles. The van der Waals surface area contributed by atoms with Crippen molar-refractivity contribution in [2.45, 2.75) is 32.6 Å². The molecule has 0 radical (unpaired) electrons. The molecule has 2 rings (SSSR count). The molecule has 0 bridgehead atoms. The van der Waals surface area contributed by atoms with Crippen LogP contribution >= 0.6 is 0 Å². The zero-order valence-corrected chi connectivity index (χ0v) is 11.3. The fourth-order valence-corrected chi connectivity index (χ4v) is 2.85. The summed E-state index contributed by atoms with van der Waals surface area (Å²) in [7, 11) is 0.